The van der Waals surface area contributed by atoms with E-state index in [0.29, 0.717) is 0 Å². The second-order valence-electron chi connectivity index (χ2n) is 3.70. The van der Waals surface area contributed by atoms with Crippen molar-refractivity contribution in [2.24, 2.45) is 0 Å². The van der Waals surface area contributed by atoms with E-state index in [1.54, 1.807) is 11.3 Å². The fourth-order valence-corrected chi connectivity index (χ4v) is 3.24. The molecule has 1 heterocycles. The zero-order chi connectivity index (χ0) is 12.3. The molecule has 1 aromatic carbocycles. The van der Waals surface area contributed by atoms with Crippen molar-refractivity contribution >= 4 is 38.9 Å². The minimum absolute atomic E-state index is 0.163. The minimum Gasteiger partial charge on any atom is -0.306 e. The van der Waals surface area contributed by atoms with Gasteiger partial charge in [0, 0.05) is 5.02 Å². The summed E-state index contributed by atoms with van der Waals surface area (Å²) in [4.78, 5) is 0. The summed E-state index contributed by atoms with van der Waals surface area (Å²) >= 11 is 11.5. The lowest BCUT2D eigenvalue weighted by molar-refractivity contribution is 0.632. The highest BCUT2D eigenvalue weighted by Crippen LogP contribution is 2.32. The Balaban J connectivity index is 2.39. The first-order valence-electron chi connectivity index (χ1n) is 5.44. The van der Waals surface area contributed by atoms with Crippen LogP contribution < -0.4 is 5.32 Å². The zero-order valence-corrected chi connectivity index (χ0v) is 12.6. The summed E-state index contributed by atoms with van der Waals surface area (Å²) < 4.78 is 1.14. The maximum absolute atomic E-state index is 6.26. The SMILES string of the molecule is CCNC(c1csc(Br)c1)c1ccccc1Cl. The van der Waals surface area contributed by atoms with Crippen molar-refractivity contribution in [1.82, 2.24) is 5.32 Å². The number of benzene rings is 1. The molecule has 17 heavy (non-hydrogen) atoms. The molecule has 1 atom stereocenters. The van der Waals surface area contributed by atoms with E-state index in [9.17, 15) is 0 Å². The van der Waals surface area contributed by atoms with Crippen LogP contribution in [0, 0.1) is 0 Å². The van der Waals surface area contributed by atoms with Crippen LogP contribution in [0.2, 0.25) is 5.02 Å². The lowest BCUT2D eigenvalue weighted by Crippen LogP contribution is -2.21. The summed E-state index contributed by atoms with van der Waals surface area (Å²) in [5.41, 5.74) is 2.37. The topological polar surface area (TPSA) is 12.0 Å². The summed E-state index contributed by atoms with van der Waals surface area (Å²) in [7, 11) is 0. The van der Waals surface area contributed by atoms with E-state index in [-0.39, 0.29) is 6.04 Å². The molecule has 2 rings (SSSR count). The average molecular weight is 331 g/mol. The van der Waals surface area contributed by atoms with Gasteiger partial charge in [-0.15, -0.1) is 11.3 Å². The van der Waals surface area contributed by atoms with Gasteiger partial charge in [-0.2, -0.15) is 0 Å². The van der Waals surface area contributed by atoms with Gasteiger partial charge in [0.05, 0.1) is 9.83 Å². The van der Waals surface area contributed by atoms with Gasteiger partial charge in [-0.1, -0.05) is 36.7 Å². The highest BCUT2D eigenvalue weighted by Gasteiger charge is 2.16. The molecule has 0 spiro atoms. The Bertz CT molecular complexity index is 498. The van der Waals surface area contributed by atoms with Crippen molar-refractivity contribution in [2.75, 3.05) is 6.54 Å². The molecule has 0 fully saturated rings. The van der Waals surface area contributed by atoms with Gasteiger partial charge in [-0.05, 0) is 51.1 Å². The highest BCUT2D eigenvalue weighted by molar-refractivity contribution is 9.11. The van der Waals surface area contributed by atoms with Gasteiger partial charge in [0.25, 0.3) is 0 Å². The molecular weight excluding hydrogens is 318 g/mol. The number of hydrogen-bond donors (Lipinski definition) is 1. The van der Waals surface area contributed by atoms with Crippen molar-refractivity contribution in [3.8, 4) is 0 Å². The first-order chi connectivity index (χ1) is 8.22. The van der Waals surface area contributed by atoms with Crippen LogP contribution in [0.1, 0.15) is 24.1 Å². The first-order valence-corrected chi connectivity index (χ1v) is 7.49. The van der Waals surface area contributed by atoms with Crippen LogP contribution in [0.5, 0.6) is 0 Å². The van der Waals surface area contributed by atoms with Gasteiger partial charge in [-0.25, -0.2) is 0 Å². The third-order valence-electron chi connectivity index (χ3n) is 2.55. The van der Waals surface area contributed by atoms with Gasteiger partial charge in [0.15, 0.2) is 0 Å². The third-order valence-corrected chi connectivity index (χ3v) is 4.41. The molecule has 90 valence electrons. The Kier molecular flexibility index (Phi) is 4.62. The number of nitrogens with one attached hydrogen (secondary N) is 1. The van der Waals surface area contributed by atoms with Crippen molar-refractivity contribution < 1.29 is 0 Å². The Morgan fingerprint density at radius 1 is 1.41 bits per heavy atom. The molecule has 0 aliphatic rings. The van der Waals surface area contributed by atoms with E-state index in [1.807, 2.05) is 18.2 Å². The Morgan fingerprint density at radius 2 is 2.18 bits per heavy atom. The molecule has 1 nitrogen and oxygen atoms in total. The maximum Gasteiger partial charge on any atom is 0.0701 e. The van der Waals surface area contributed by atoms with Crippen molar-refractivity contribution in [1.29, 1.82) is 0 Å². The maximum atomic E-state index is 6.26. The molecular formula is C13H13BrClNS. The zero-order valence-electron chi connectivity index (χ0n) is 9.41. The third kappa shape index (κ3) is 3.10. The van der Waals surface area contributed by atoms with Gasteiger partial charge in [0.2, 0.25) is 0 Å². The van der Waals surface area contributed by atoms with E-state index < -0.39 is 0 Å². The van der Waals surface area contributed by atoms with E-state index in [0.717, 1.165) is 20.9 Å². The molecule has 1 N–H and O–H groups in total. The van der Waals surface area contributed by atoms with Crippen LogP contribution in [0.4, 0.5) is 0 Å². The number of thiophene rings is 1. The smallest absolute Gasteiger partial charge is 0.0701 e. The summed E-state index contributed by atoms with van der Waals surface area (Å²) in [6, 6.07) is 10.3. The molecule has 2 aromatic rings. The van der Waals surface area contributed by atoms with Crippen LogP contribution in [0.15, 0.2) is 39.5 Å². The average Bonchev–Trinajstić information content (AvgIpc) is 2.74. The summed E-state index contributed by atoms with van der Waals surface area (Å²) in [5, 5.41) is 6.43. The molecule has 0 bridgehead atoms. The molecule has 0 aliphatic heterocycles. The number of rotatable bonds is 4. The standard InChI is InChI=1S/C13H13BrClNS/c1-2-16-13(9-7-12(14)17-8-9)10-5-3-4-6-11(10)15/h3-8,13,16H,2H2,1H3. The molecule has 4 heteroatoms. The molecule has 0 aliphatic carbocycles. The van der Waals surface area contributed by atoms with Crippen LogP contribution in [-0.4, -0.2) is 6.54 Å². The Labute approximate surface area is 119 Å². The first kappa shape index (κ1) is 13.1. The highest BCUT2D eigenvalue weighted by atomic mass is 79.9. The van der Waals surface area contributed by atoms with Gasteiger partial charge < -0.3 is 5.32 Å². The van der Waals surface area contributed by atoms with Gasteiger partial charge >= 0.3 is 0 Å². The second-order valence-corrected chi connectivity index (χ2v) is 6.39. The largest absolute Gasteiger partial charge is 0.306 e. The van der Waals surface area contributed by atoms with Gasteiger partial charge in [-0.3, -0.25) is 0 Å². The van der Waals surface area contributed by atoms with Crippen LogP contribution in [0.3, 0.4) is 0 Å². The second kappa shape index (κ2) is 6.01. The summed E-state index contributed by atoms with van der Waals surface area (Å²) in [6.07, 6.45) is 0. The predicted molar refractivity (Wildman–Crippen MR) is 79.0 cm³/mol. The minimum atomic E-state index is 0.163. The number of hydrogen-bond acceptors (Lipinski definition) is 2. The lowest BCUT2D eigenvalue weighted by atomic mass is 10.0. The quantitative estimate of drug-likeness (QED) is 0.844. The van der Waals surface area contributed by atoms with Crippen LogP contribution in [-0.2, 0) is 0 Å². The van der Waals surface area contributed by atoms with Crippen LogP contribution >= 0.6 is 38.9 Å². The Hall–Kier alpha value is -0.350. The fraction of sp³-hybridized carbons (Fsp3) is 0.231. The normalized spacial score (nSPS) is 12.6. The molecule has 1 aromatic heterocycles. The fourth-order valence-electron chi connectivity index (χ4n) is 1.80. The summed E-state index contributed by atoms with van der Waals surface area (Å²) in [5.74, 6) is 0. The van der Waals surface area contributed by atoms with Crippen LogP contribution in [0.25, 0.3) is 0 Å². The van der Waals surface area contributed by atoms with Crippen molar-refractivity contribution in [2.45, 2.75) is 13.0 Å². The van der Waals surface area contributed by atoms with E-state index in [4.69, 9.17) is 11.6 Å². The molecule has 0 saturated carbocycles. The molecule has 0 radical (unpaired) electrons. The molecule has 1 unspecified atom stereocenters. The monoisotopic (exact) mass is 329 g/mol. The summed E-state index contributed by atoms with van der Waals surface area (Å²) in [6.45, 7) is 3.01. The number of halogens is 2. The van der Waals surface area contributed by atoms with Gasteiger partial charge in [0.1, 0.15) is 0 Å². The Morgan fingerprint density at radius 3 is 2.76 bits per heavy atom. The molecule has 0 amide bonds. The van der Waals surface area contributed by atoms with E-state index in [2.05, 4.69) is 45.7 Å². The molecule has 0 saturated heterocycles. The lowest BCUT2D eigenvalue weighted by Gasteiger charge is -2.18. The van der Waals surface area contributed by atoms with Crippen molar-refractivity contribution in [3.63, 3.8) is 0 Å². The predicted octanol–water partition coefficient (Wildman–Crippen LogP) is 4.86. The van der Waals surface area contributed by atoms with E-state index in [1.165, 1.54) is 5.56 Å². The van der Waals surface area contributed by atoms with Crippen molar-refractivity contribution in [3.05, 3.63) is 55.6 Å². The van der Waals surface area contributed by atoms with E-state index >= 15 is 0 Å².